The highest BCUT2D eigenvalue weighted by molar-refractivity contribution is 6.42. The van der Waals surface area contributed by atoms with Gasteiger partial charge in [0.1, 0.15) is 11.9 Å². The lowest BCUT2D eigenvalue weighted by Crippen LogP contribution is -2.47. The third-order valence-electron chi connectivity index (χ3n) is 7.11. The number of hydrogen-bond acceptors (Lipinski definition) is 3. The molecule has 2 aromatic rings. The van der Waals surface area contributed by atoms with Crippen LogP contribution >= 0.6 is 23.2 Å². The maximum absolute atomic E-state index is 13.8. The van der Waals surface area contributed by atoms with Crippen LogP contribution in [0.5, 0.6) is 0 Å². The number of rotatable bonds is 4. The SMILES string of the molecule is CC1=C(C(=O)N[C@@H]2C[C@H](C)CC[C@H]2C(C)C)C(c2ccc(Cl)c(Cl)c2)n2nc(C(F)(F)F)cc2N1. The van der Waals surface area contributed by atoms with Gasteiger partial charge in [-0.05, 0) is 55.2 Å². The van der Waals surface area contributed by atoms with Gasteiger partial charge in [0, 0.05) is 17.8 Å². The molecule has 4 atom stereocenters. The first kappa shape index (κ1) is 25.9. The van der Waals surface area contributed by atoms with E-state index < -0.39 is 17.9 Å². The van der Waals surface area contributed by atoms with E-state index in [0.29, 0.717) is 39.6 Å². The lowest BCUT2D eigenvalue weighted by atomic mass is 9.74. The summed E-state index contributed by atoms with van der Waals surface area (Å²) in [6, 6.07) is 4.81. The van der Waals surface area contributed by atoms with Crippen molar-refractivity contribution in [3.8, 4) is 0 Å². The van der Waals surface area contributed by atoms with Crippen LogP contribution in [0, 0.1) is 17.8 Å². The van der Waals surface area contributed by atoms with E-state index in [9.17, 15) is 18.0 Å². The van der Waals surface area contributed by atoms with Gasteiger partial charge in [-0.1, -0.05) is 56.5 Å². The quantitative estimate of drug-likeness (QED) is 0.445. The van der Waals surface area contributed by atoms with Crippen molar-refractivity contribution >= 4 is 34.9 Å². The molecule has 2 heterocycles. The molecular formula is C25H29Cl2F3N4O. The number of halogens is 5. The van der Waals surface area contributed by atoms with Crippen LogP contribution in [0.3, 0.4) is 0 Å². The highest BCUT2D eigenvalue weighted by Crippen LogP contribution is 2.41. The lowest BCUT2D eigenvalue weighted by Gasteiger charge is -2.39. The zero-order chi connectivity index (χ0) is 25.7. The van der Waals surface area contributed by atoms with E-state index in [2.05, 4.69) is 36.5 Å². The molecule has 1 aliphatic carbocycles. The highest BCUT2D eigenvalue weighted by Gasteiger charge is 2.41. The molecule has 1 aromatic carbocycles. The van der Waals surface area contributed by atoms with Crippen LogP contribution in [-0.4, -0.2) is 21.7 Å². The number of hydrogen-bond donors (Lipinski definition) is 2. The average molecular weight is 529 g/mol. The topological polar surface area (TPSA) is 59.0 Å². The molecule has 1 amide bonds. The number of aromatic nitrogens is 2. The molecule has 0 saturated heterocycles. The number of amides is 1. The molecule has 0 radical (unpaired) electrons. The number of alkyl halides is 3. The molecular weight excluding hydrogens is 500 g/mol. The number of nitrogens with zero attached hydrogens (tertiary/aromatic N) is 2. The summed E-state index contributed by atoms with van der Waals surface area (Å²) in [7, 11) is 0. The molecule has 190 valence electrons. The van der Waals surface area contributed by atoms with Gasteiger partial charge in [0.05, 0.1) is 15.6 Å². The third-order valence-corrected chi connectivity index (χ3v) is 7.85. The van der Waals surface area contributed by atoms with Gasteiger partial charge < -0.3 is 10.6 Å². The second-order valence-corrected chi connectivity index (χ2v) is 10.8. The predicted molar refractivity (Wildman–Crippen MR) is 131 cm³/mol. The van der Waals surface area contributed by atoms with Crippen molar-refractivity contribution in [3.05, 3.63) is 56.8 Å². The first-order chi connectivity index (χ1) is 16.4. The summed E-state index contributed by atoms with van der Waals surface area (Å²) >= 11 is 12.3. The second-order valence-electron chi connectivity index (χ2n) is 10.0. The second kappa shape index (κ2) is 9.69. The molecule has 1 saturated carbocycles. The minimum Gasteiger partial charge on any atom is -0.349 e. The van der Waals surface area contributed by atoms with Crippen molar-refractivity contribution in [3.63, 3.8) is 0 Å². The van der Waals surface area contributed by atoms with E-state index in [1.165, 1.54) is 4.68 Å². The van der Waals surface area contributed by atoms with E-state index in [0.717, 1.165) is 25.3 Å². The average Bonchev–Trinajstić information content (AvgIpc) is 3.18. The molecule has 1 fully saturated rings. The monoisotopic (exact) mass is 528 g/mol. The van der Waals surface area contributed by atoms with Crippen molar-refractivity contribution in [2.45, 2.75) is 65.2 Å². The number of allylic oxidation sites excluding steroid dienone is 1. The van der Waals surface area contributed by atoms with Gasteiger partial charge in [-0.2, -0.15) is 18.3 Å². The standard InChI is InChI=1S/C25H29Cl2F3N4O/c1-12(2)16-7-5-13(3)9-19(16)32-24(35)22-14(4)31-21-11-20(25(28,29)30)33-34(21)23(22)15-6-8-17(26)18(27)10-15/h6,8,10-13,16,19,23,31H,5,7,9H2,1-4H3,(H,32,35)/t13-,16+,19-,23?/m1/s1. The Bertz CT molecular complexity index is 1160. The summed E-state index contributed by atoms with van der Waals surface area (Å²) < 4.78 is 41.7. The maximum atomic E-state index is 13.8. The molecule has 1 unspecified atom stereocenters. The van der Waals surface area contributed by atoms with E-state index in [4.69, 9.17) is 23.2 Å². The first-order valence-electron chi connectivity index (χ1n) is 11.8. The van der Waals surface area contributed by atoms with Crippen LogP contribution in [-0.2, 0) is 11.0 Å². The number of carbonyl (C=O) groups is 1. The number of benzene rings is 1. The zero-order valence-corrected chi connectivity index (χ0v) is 21.5. The number of fused-ring (bicyclic) bond motifs is 1. The normalized spacial score (nSPS) is 24.9. The highest BCUT2D eigenvalue weighted by atomic mass is 35.5. The van der Waals surface area contributed by atoms with Crippen molar-refractivity contribution in [1.29, 1.82) is 0 Å². The van der Waals surface area contributed by atoms with Gasteiger partial charge in [-0.3, -0.25) is 4.79 Å². The van der Waals surface area contributed by atoms with Crippen LogP contribution in [0.25, 0.3) is 0 Å². The molecule has 0 bridgehead atoms. The summed E-state index contributed by atoms with van der Waals surface area (Å²) in [6.45, 7) is 8.17. The van der Waals surface area contributed by atoms with Gasteiger partial charge >= 0.3 is 6.18 Å². The Kier molecular flexibility index (Phi) is 7.17. The largest absolute Gasteiger partial charge is 0.435 e. The fraction of sp³-hybridized carbons (Fsp3) is 0.520. The van der Waals surface area contributed by atoms with Crippen molar-refractivity contribution < 1.29 is 18.0 Å². The first-order valence-corrected chi connectivity index (χ1v) is 12.5. The minimum absolute atomic E-state index is 0.0224. The Balaban J connectivity index is 1.77. The smallest absolute Gasteiger partial charge is 0.349 e. The summed E-state index contributed by atoms with van der Waals surface area (Å²) in [4.78, 5) is 13.8. The van der Waals surface area contributed by atoms with E-state index in [-0.39, 0.29) is 22.8 Å². The van der Waals surface area contributed by atoms with Gasteiger partial charge in [0.25, 0.3) is 5.91 Å². The predicted octanol–water partition coefficient (Wildman–Crippen LogP) is 7.07. The number of carbonyl (C=O) groups excluding carboxylic acids is 1. The van der Waals surface area contributed by atoms with E-state index in [1.807, 2.05) is 0 Å². The fourth-order valence-corrected chi connectivity index (χ4v) is 5.62. The van der Waals surface area contributed by atoms with Gasteiger partial charge in [-0.25, -0.2) is 4.68 Å². The van der Waals surface area contributed by atoms with Crippen LogP contribution in [0.15, 0.2) is 35.5 Å². The molecule has 1 aromatic heterocycles. The van der Waals surface area contributed by atoms with Gasteiger partial charge in [0.2, 0.25) is 0 Å². The summed E-state index contributed by atoms with van der Waals surface area (Å²) in [5.74, 6) is 1.02. The summed E-state index contributed by atoms with van der Waals surface area (Å²) in [5.41, 5.74) is 0.236. The number of nitrogens with one attached hydrogen (secondary N) is 2. The zero-order valence-electron chi connectivity index (χ0n) is 20.0. The van der Waals surface area contributed by atoms with Crippen LogP contribution in [0.1, 0.15) is 64.3 Å². The molecule has 10 heteroatoms. The summed E-state index contributed by atoms with van der Waals surface area (Å²) in [6.07, 6.45) is -1.64. The molecule has 5 nitrogen and oxygen atoms in total. The third kappa shape index (κ3) is 5.19. The summed E-state index contributed by atoms with van der Waals surface area (Å²) in [5, 5.41) is 10.6. The molecule has 0 spiro atoms. The molecule has 2 aliphatic rings. The lowest BCUT2D eigenvalue weighted by molar-refractivity contribution is -0.141. The molecule has 1 aliphatic heterocycles. The Hall–Kier alpha value is -2.19. The number of anilines is 1. The van der Waals surface area contributed by atoms with Crippen molar-refractivity contribution in [1.82, 2.24) is 15.1 Å². The van der Waals surface area contributed by atoms with Crippen LogP contribution < -0.4 is 10.6 Å². The Morgan fingerprint density at radius 1 is 1.20 bits per heavy atom. The van der Waals surface area contributed by atoms with Crippen molar-refractivity contribution in [2.24, 2.45) is 17.8 Å². The van der Waals surface area contributed by atoms with Crippen LogP contribution in [0.4, 0.5) is 19.0 Å². The van der Waals surface area contributed by atoms with E-state index >= 15 is 0 Å². The van der Waals surface area contributed by atoms with Gasteiger partial charge in [-0.15, -0.1) is 0 Å². The minimum atomic E-state index is -4.63. The fourth-order valence-electron chi connectivity index (χ4n) is 5.31. The molecule has 4 rings (SSSR count). The Morgan fingerprint density at radius 2 is 1.91 bits per heavy atom. The van der Waals surface area contributed by atoms with Crippen LogP contribution in [0.2, 0.25) is 10.0 Å². The molecule has 35 heavy (non-hydrogen) atoms. The van der Waals surface area contributed by atoms with Gasteiger partial charge in [0.15, 0.2) is 5.69 Å². The van der Waals surface area contributed by atoms with E-state index in [1.54, 1.807) is 25.1 Å². The Labute approximate surface area is 213 Å². The Morgan fingerprint density at radius 3 is 2.54 bits per heavy atom. The molecule has 2 N–H and O–H groups in total. The maximum Gasteiger partial charge on any atom is 0.435 e. The van der Waals surface area contributed by atoms with Crippen molar-refractivity contribution in [2.75, 3.05) is 5.32 Å².